The van der Waals surface area contributed by atoms with Gasteiger partial charge in [-0.05, 0) is 19.3 Å². The molecule has 98 valence electrons. The predicted molar refractivity (Wildman–Crippen MR) is 65.7 cm³/mol. The van der Waals surface area contributed by atoms with Gasteiger partial charge in [-0.15, -0.1) is 0 Å². The van der Waals surface area contributed by atoms with Crippen molar-refractivity contribution in [1.29, 1.82) is 0 Å². The molecule has 0 bridgehead atoms. The summed E-state index contributed by atoms with van der Waals surface area (Å²) in [7, 11) is -3.39. The summed E-state index contributed by atoms with van der Waals surface area (Å²) < 4.78 is 27.8. The third-order valence-corrected chi connectivity index (χ3v) is 5.49. The molecule has 2 aliphatic rings. The molecule has 0 amide bonds. The van der Waals surface area contributed by atoms with Crippen molar-refractivity contribution in [2.45, 2.75) is 31.7 Å². The number of piperidine rings is 1. The van der Waals surface area contributed by atoms with Crippen LogP contribution in [-0.2, 0) is 10.2 Å². The Kier molecular flexibility index (Phi) is 4.19. The van der Waals surface area contributed by atoms with Gasteiger partial charge in [-0.3, -0.25) is 0 Å². The van der Waals surface area contributed by atoms with Crippen molar-refractivity contribution < 1.29 is 13.5 Å². The van der Waals surface area contributed by atoms with Gasteiger partial charge >= 0.3 is 0 Å². The molecule has 0 radical (unpaired) electrons. The molecule has 0 aromatic heterocycles. The Hall–Kier alpha value is -0.430. The summed E-state index contributed by atoms with van der Waals surface area (Å²) in [6.07, 6.45) is 7.32. The van der Waals surface area contributed by atoms with Gasteiger partial charge < -0.3 is 5.11 Å². The lowest BCUT2D eigenvalue weighted by Gasteiger charge is -2.37. The SMILES string of the molecule is O=S(=O)(N1CC=CCC1)N1CCCCC1CO. The van der Waals surface area contributed by atoms with Crippen LogP contribution in [0.1, 0.15) is 25.7 Å². The van der Waals surface area contributed by atoms with Gasteiger partial charge in [-0.2, -0.15) is 17.0 Å². The van der Waals surface area contributed by atoms with E-state index in [4.69, 9.17) is 0 Å². The normalized spacial score (nSPS) is 28.4. The number of aliphatic hydroxyl groups is 1. The molecule has 0 aromatic carbocycles. The fraction of sp³-hybridized carbons (Fsp3) is 0.818. The summed E-state index contributed by atoms with van der Waals surface area (Å²) in [5.74, 6) is 0. The summed E-state index contributed by atoms with van der Waals surface area (Å²) in [4.78, 5) is 0. The zero-order valence-corrected chi connectivity index (χ0v) is 10.8. The summed E-state index contributed by atoms with van der Waals surface area (Å²) in [5, 5.41) is 9.28. The van der Waals surface area contributed by atoms with Gasteiger partial charge in [-0.25, -0.2) is 0 Å². The second-order valence-corrected chi connectivity index (χ2v) is 6.45. The van der Waals surface area contributed by atoms with Crippen molar-refractivity contribution in [2.24, 2.45) is 0 Å². The van der Waals surface area contributed by atoms with E-state index in [1.807, 2.05) is 12.2 Å². The number of nitrogens with zero attached hydrogens (tertiary/aromatic N) is 2. The molecule has 2 heterocycles. The van der Waals surface area contributed by atoms with E-state index in [2.05, 4.69) is 0 Å². The minimum atomic E-state index is -3.39. The average molecular weight is 260 g/mol. The van der Waals surface area contributed by atoms with Crippen molar-refractivity contribution >= 4 is 10.2 Å². The lowest BCUT2D eigenvalue weighted by molar-refractivity contribution is 0.148. The molecule has 1 fully saturated rings. The Balaban J connectivity index is 2.15. The van der Waals surface area contributed by atoms with Crippen LogP contribution in [0.5, 0.6) is 0 Å². The quantitative estimate of drug-likeness (QED) is 0.744. The van der Waals surface area contributed by atoms with Gasteiger partial charge in [0, 0.05) is 25.7 Å². The van der Waals surface area contributed by atoms with Crippen molar-refractivity contribution in [2.75, 3.05) is 26.2 Å². The fourth-order valence-corrected chi connectivity index (χ4v) is 4.25. The second-order valence-electron chi connectivity index (χ2n) is 4.57. The Morgan fingerprint density at radius 3 is 2.71 bits per heavy atom. The molecule has 1 N–H and O–H groups in total. The van der Waals surface area contributed by atoms with E-state index in [1.54, 1.807) is 0 Å². The number of hydrogen-bond acceptors (Lipinski definition) is 3. The molecule has 6 heteroatoms. The number of hydrogen-bond donors (Lipinski definition) is 1. The highest BCUT2D eigenvalue weighted by Crippen LogP contribution is 2.23. The minimum absolute atomic E-state index is 0.0804. The predicted octanol–water partition coefficient (Wildman–Crippen LogP) is 0.340. The second kappa shape index (κ2) is 5.48. The Labute approximate surface area is 103 Å². The monoisotopic (exact) mass is 260 g/mol. The van der Waals surface area contributed by atoms with Crippen LogP contribution < -0.4 is 0 Å². The minimum Gasteiger partial charge on any atom is -0.395 e. The van der Waals surface area contributed by atoms with Crippen LogP contribution in [0.2, 0.25) is 0 Å². The molecule has 5 nitrogen and oxygen atoms in total. The highest BCUT2D eigenvalue weighted by molar-refractivity contribution is 7.86. The first-order chi connectivity index (χ1) is 8.16. The molecule has 1 saturated heterocycles. The molecule has 17 heavy (non-hydrogen) atoms. The zero-order valence-electron chi connectivity index (χ0n) is 9.96. The van der Waals surface area contributed by atoms with Gasteiger partial charge in [0.05, 0.1) is 6.61 Å². The fourth-order valence-electron chi connectivity index (χ4n) is 2.44. The molecule has 2 rings (SSSR count). The highest BCUT2D eigenvalue weighted by Gasteiger charge is 2.35. The first-order valence-electron chi connectivity index (χ1n) is 6.19. The Bertz CT molecular complexity index is 380. The van der Waals surface area contributed by atoms with E-state index < -0.39 is 10.2 Å². The van der Waals surface area contributed by atoms with Crippen molar-refractivity contribution in [3.05, 3.63) is 12.2 Å². The van der Waals surface area contributed by atoms with Gasteiger partial charge in [-0.1, -0.05) is 18.6 Å². The van der Waals surface area contributed by atoms with Crippen LogP contribution in [0.15, 0.2) is 12.2 Å². The average Bonchev–Trinajstić information content (AvgIpc) is 2.39. The molecule has 0 spiro atoms. The third-order valence-electron chi connectivity index (χ3n) is 3.43. The highest BCUT2D eigenvalue weighted by atomic mass is 32.2. The lowest BCUT2D eigenvalue weighted by atomic mass is 10.1. The maximum Gasteiger partial charge on any atom is 0.282 e. The van der Waals surface area contributed by atoms with E-state index >= 15 is 0 Å². The maximum atomic E-state index is 12.4. The molecular formula is C11H20N2O3S. The van der Waals surface area contributed by atoms with E-state index in [0.717, 1.165) is 25.7 Å². The van der Waals surface area contributed by atoms with E-state index in [0.29, 0.717) is 19.6 Å². The molecule has 1 unspecified atom stereocenters. The van der Waals surface area contributed by atoms with Crippen LogP contribution in [-0.4, -0.2) is 54.4 Å². The molecule has 1 atom stereocenters. The van der Waals surface area contributed by atoms with Crippen LogP contribution in [0, 0.1) is 0 Å². The maximum absolute atomic E-state index is 12.4. The Morgan fingerprint density at radius 2 is 2.06 bits per heavy atom. The van der Waals surface area contributed by atoms with Gasteiger partial charge in [0.25, 0.3) is 10.2 Å². The van der Waals surface area contributed by atoms with Crippen molar-refractivity contribution in [3.63, 3.8) is 0 Å². The third kappa shape index (κ3) is 2.70. The van der Waals surface area contributed by atoms with Crippen LogP contribution in [0.25, 0.3) is 0 Å². The topological polar surface area (TPSA) is 60.9 Å². The summed E-state index contributed by atoms with van der Waals surface area (Å²) in [6, 6.07) is -0.236. The number of aliphatic hydroxyl groups excluding tert-OH is 1. The van der Waals surface area contributed by atoms with Crippen LogP contribution in [0.3, 0.4) is 0 Å². The van der Waals surface area contributed by atoms with E-state index in [1.165, 1.54) is 8.61 Å². The van der Waals surface area contributed by atoms with E-state index in [9.17, 15) is 13.5 Å². The number of rotatable bonds is 3. The van der Waals surface area contributed by atoms with Crippen molar-refractivity contribution in [1.82, 2.24) is 8.61 Å². The first kappa shape index (κ1) is 13.0. The summed E-state index contributed by atoms with van der Waals surface area (Å²) >= 11 is 0. The van der Waals surface area contributed by atoms with E-state index in [-0.39, 0.29) is 12.6 Å². The molecule has 0 aliphatic carbocycles. The smallest absolute Gasteiger partial charge is 0.282 e. The standard InChI is InChI=1S/C11H20N2O3S/c14-10-11-6-2-5-9-13(11)17(15,16)12-7-3-1-4-8-12/h1,3,11,14H,2,4-10H2. The zero-order chi connectivity index (χ0) is 12.3. The van der Waals surface area contributed by atoms with Crippen molar-refractivity contribution in [3.8, 4) is 0 Å². The van der Waals surface area contributed by atoms with Crippen LogP contribution in [0.4, 0.5) is 0 Å². The summed E-state index contributed by atoms with van der Waals surface area (Å²) in [5.41, 5.74) is 0. The largest absolute Gasteiger partial charge is 0.395 e. The van der Waals surface area contributed by atoms with Gasteiger partial charge in [0.15, 0.2) is 0 Å². The molecular weight excluding hydrogens is 240 g/mol. The first-order valence-corrected chi connectivity index (χ1v) is 7.58. The lowest BCUT2D eigenvalue weighted by Crippen LogP contribution is -2.52. The van der Waals surface area contributed by atoms with Gasteiger partial charge in [0.1, 0.15) is 0 Å². The molecule has 2 aliphatic heterocycles. The molecule has 0 aromatic rings. The molecule has 0 saturated carbocycles. The van der Waals surface area contributed by atoms with Gasteiger partial charge in [0.2, 0.25) is 0 Å². The van der Waals surface area contributed by atoms with Crippen LogP contribution >= 0.6 is 0 Å². The summed E-state index contributed by atoms with van der Waals surface area (Å²) in [6.45, 7) is 1.46. The Morgan fingerprint density at radius 1 is 1.24 bits per heavy atom.